The predicted molar refractivity (Wildman–Crippen MR) is 70.6 cm³/mol. The number of amides is 1. The number of benzene rings is 1. The van der Waals surface area contributed by atoms with E-state index in [9.17, 15) is 4.79 Å². The van der Waals surface area contributed by atoms with Gasteiger partial charge in [-0.3, -0.25) is 4.79 Å². The Labute approximate surface area is 103 Å². The summed E-state index contributed by atoms with van der Waals surface area (Å²) in [5.41, 5.74) is 7.79. The SMILES string of the molecule is Cc1cccc([C@@H](C)NC(=O)C(C)CCN)c1. The molecule has 0 aromatic heterocycles. The van der Waals surface area contributed by atoms with Gasteiger partial charge in [-0.1, -0.05) is 36.8 Å². The monoisotopic (exact) mass is 234 g/mol. The van der Waals surface area contributed by atoms with Gasteiger partial charge >= 0.3 is 0 Å². The summed E-state index contributed by atoms with van der Waals surface area (Å²) in [6.07, 6.45) is 0.729. The molecule has 3 nitrogen and oxygen atoms in total. The second-order valence-electron chi connectivity index (χ2n) is 4.62. The van der Waals surface area contributed by atoms with Crippen LogP contribution in [0.5, 0.6) is 0 Å². The molecule has 1 amide bonds. The molecule has 1 aromatic rings. The number of nitrogens with two attached hydrogens (primary N) is 1. The summed E-state index contributed by atoms with van der Waals surface area (Å²) in [5, 5.41) is 3.01. The van der Waals surface area contributed by atoms with Crippen molar-refractivity contribution in [1.82, 2.24) is 5.32 Å². The summed E-state index contributed by atoms with van der Waals surface area (Å²) in [5.74, 6) is 0.0525. The van der Waals surface area contributed by atoms with Crippen LogP contribution in [0.1, 0.15) is 37.4 Å². The summed E-state index contributed by atoms with van der Waals surface area (Å²) >= 11 is 0. The van der Waals surface area contributed by atoms with Crippen molar-refractivity contribution in [2.75, 3.05) is 6.54 Å². The minimum Gasteiger partial charge on any atom is -0.349 e. The van der Waals surface area contributed by atoms with Crippen molar-refractivity contribution in [1.29, 1.82) is 0 Å². The molecule has 0 saturated carbocycles. The van der Waals surface area contributed by atoms with Crippen molar-refractivity contribution in [3.05, 3.63) is 35.4 Å². The highest BCUT2D eigenvalue weighted by atomic mass is 16.1. The van der Waals surface area contributed by atoms with Crippen LogP contribution < -0.4 is 11.1 Å². The summed E-state index contributed by atoms with van der Waals surface area (Å²) in [4.78, 5) is 11.8. The molecule has 1 rings (SSSR count). The molecule has 2 atom stereocenters. The minimum absolute atomic E-state index is 0.0211. The second-order valence-corrected chi connectivity index (χ2v) is 4.62. The number of carbonyl (C=O) groups excluding carboxylic acids is 1. The van der Waals surface area contributed by atoms with Crippen molar-refractivity contribution >= 4 is 5.91 Å². The zero-order valence-electron chi connectivity index (χ0n) is 10.9. The highest BCUT2D eigenvalue weighted by molar-refractivity contribution is 5.78. The number of carbonyl (C=O) groups is 1. The third-order valence-corrected chi connectivity index (χ3v) is 2.95. The van der Waals surface area contributed by atoms with Crippen molar-refractivity contribution < 1.29 is 4.79 Å². The molecule has 94 valence electrons. The molecular formula is C14H22N2O. The summed E-state index contributed by atoms with van der Waals surface area (Å²) in [6.45, 7) is 6.51. The standard InChI is InChI=1S/C14H22N2O/c1-10-5-4-6-13(9-10)12(3)16-14(17)11(2)7-8-15/h4-6,9,11-12H,7-8,15H2,1-3H3,(H,16,17)/t11?,12-/m1/s1. The smallest absolute Gasteiger partial charge is 0.223 e. The van der Waals surface area contributed by atoms with Crippen molar-refractivity contribution in [2.24, 2.45) is 11.7 Å². The quantitative estimate of drug-likeness (QED) is 0.820. The van der Waals surface area contributed by atoms with E-state index in [2.05, 4.69) is 24.4 Å². The Morgan fingerprint density at radius 3 is 2.71 bits per heavy atom. The Morgan fingerprint density at radius 1 is 1.41 bits per heavy atom. The lowest BCUT2D eigenvalue weighted by atomic mass is 10.0. The number of nitrogens with one attached hydrogen (secondary N) is 1. The third-order valence-electron chi connectivity index (χ3n) is 2.95. The van der Waals surface area contributed by atoms with E-state index in [1.807, 2.05) is 26.0 Å². The summed E-state index contributed by atoms with van der Waals surface area (Å²) in [6, 6.07) is 8.23. The largest absolute Gasteiger partial charge is 0.349 e. The number of rotatable bonds is 5. The number of hydrogen-bond acceptors (Lipinski definition) is 2. The van der Waals surface area contributed by atoms with Crippen molar-refractivity contribution in [3.8, 4) is 0 Å². The minimum atomic E-state index is -0.0211. The second kappa shape index (κ2) is 6.40. The van der Waals surface area contributed by atoms with Gasteiger partial charge in [0.15, 0.2) is 0 Å². The zero-order chi connectivity index (χ0) is 12.8. The van der Waals surface area contributed by atoms with E-state index >= 15 is 0 Å². The van der Waals surface area contributed by atoms with Crippen LogP contribution in [0.25, 0.3) is 0 Å². The normalized spacial score (nSPS) is 14.1. The Morgan fingerprint density at radius 2 is 2.12 bits per heavy atom. The maximum absolute atomic E-state index is 11.8. The van der Waals surface area contributed by atoms with Crippen LogP contribution in [0.2, 0.25) is 0 Å². The van der Waals surface area contributed by atoms with Gasteiger partial charge in [-0.25, -0.2) is 0 Å². The maximum atomic E-state index is 11.8. The average molecular weight is 234 g/mol. The van der Waals surface area contributed by atoms with E-state index in [1.54, 1.807) is 0 Å². The molecule has 0 bridgehead atoms. The molecular weight excluding hydrogens is 212 g/mol. The Kier molecular flexibility index (Phi) is 5.16. The molecule has 0 heterocycles. The van der Waals surface area contributed by atoms with Crippen LogP contribution in [0.15, 0.2) is 24.3 Å². The van der Waals surface area contributed by atoms with Gasteiger partial charge in [-0.2, -0.15) is 0 Å². The van der Waals surface area contributed by atoms with Gasteiger partial charge in [0.25, 0.3) is 0 Å². The molecule has 17 heavy (non-hydrogen) atoms. The van der Waals surface area contributed by atoms with E-state index in [-0.39, 0.29) is 17.9 Å². The zero-order valence-corrected chi connectivity index (χ0v) is 10.9. The van der Waals surface area contributed by atoms with E-state index in [4.69, 9.17) is 5.73 Å². The molecule has 0 saturated heterocycles. The van der Waals surface area contributed by atoms with Crippen LogP contribution in [0, 0.1) is 12.8 Å². The first kappa shape index (κ1) is 13.7. The molecule has 3 N–H and O–H groups in total. The van der Waals surface area contributed by atoms with Crippen LogP contribution in [-0.4, -0.2) is 12.5 Å². The Bertz CT molecular complexity index is 376. The lowest BCUT2D eigenvalue weighted by Crippen LogP contribution is -2.32. The van der Waals surface area contributed by atoms with Crippen LogP contribution in [-0.2, 0) is 4.79 Å². The summed E-state index contributed by atoms with van der Waals surface area (Å²) < 4.78 is 0. The van der Waals surface area contributed by atoms with Gasteiger partial charge in [0.1, 0.15) is 0 Å². The maximum Gasteiger partial charge on any atom is 0.223 e. The lowest BCUT2D eigenvalue weighted by Gasteiger charge is -2.18. The first-order valence-corrected chi connectivity index (χ1v) is 6.11. The highest BCUT2D eigenvalue weighted by Crippen LogP contribution is 2.14. The van der Waals surface area contributed by atoms with Gasteiger partial charge in [0.05, 0.1) is 6.04 Å². The van der Waals surface area contributed by atoms with Gasteiger partial charge in [0.2, 0.25) is 5.91 Å². The average Bonchev–Trinajstić information content (AvgIpc) is 2.29. The molecule has 1 aromatic carbocycles. The fourth-order valence-electron chi connectivity index (χ4n) is 1.76. The molecule has 0 aliphatic carbocycles. The predicted octanol–water partition coefficient (Wildman–Crippen LogP) is 2.16. The van der Waals surface area contributed by atoms with Crippen LogP contribution in [0.4, 0.5) is 0 Å². The molecule has 3 heteroatoms. The van der Waals surface area contributed by atoms with E-state index in [0.29, 0.717) is 6.54 Å². The summed E-state index contributed by atoms with van der Waals surface area (Å²) in [7, 11) is 0. The van der Waals surface area contributed by atoms with Gasteiger partial charge < -0.3 is 11.1 Å². The molecule has 0 spiro atoms. The highest BCUT2D eigenvalue weighted by Gasteiger charge is 2.15. The van der Waals surface area contributed by atoms with Crippen LogP contribution in [0.3, 0.4) is 0 Å². The Balaban J connectivity index is 2.60. The van der Waals surface area contributed by atoms with E-state index < -0.39 is 0 Å². The molecule has 0 aliphatic rings. The van der Waals surface area contributed by atoms with Gasteiger partial charge in [0, 0.05) is 5.92 Å². The topological polar surface area (TPSA) is 55.1 Å². The first-order chi connectivity index (χ1) is 8.04. The van der Waals surface area contributed by atoms with Gasteiger partial charge in [-0.15, -0.1) is 0 Å². The third kappa shape index (κ3) is 4.19. The fraction of sp³-hybridized carbons (Fsp3) is 0.500. The molecule has 0 aliphatic heterocycles. The number of hydrogen-bond donors (Lipinski definition) is 2. The molecule has 1 unspecified atom stereocenters. The van der Waals surface area contributed by atoms with Crippen molar-refractivity contribution in [3.63, 3.8) is 0 Å². The van der Waals surface area contributed by atoms with Crippen LogP contribution >= 0.6 is 0 Å². The molecule has 0 radical (unpaired) electrons. The van der Waals surface area contributed by atoms with Crippen molar-refractivity contribution in [2.45, 2.75) is 33.2 Å². The first-order valence-electron chi connectivity index (χ1n) is 6.11. The van der Waals surface area contributed by atoms with E-state index in [0.717, 1.165) is 12.0 Å². The van der Waals surface area contributed by atoms with E-state index in [1.165, 1.54) is 5.56 Å². The lowest BCUT2D eigenvalue weighted by molar-refractivity contribution is -0.125. The number of aryl methyl sites for hydroxylation is 1. The Hall–Kier alpha value is -1.35. The fourth-order valence-corrected chi connectivity index (χ4v) is 1.76. The molecule has 0 fully saturated rings. The van der Waals surface area contributed by atoms with Gasteiger partial charge in [-0.05, 0) is 32.4 Å².